The van der Waals surface area contributed by atoms with Gasteiger partial charge < -0.3 is 58.3 Å². The zero-order valence-electron chi connectivity index (χ0n) is 69.9. The number of carbonyl (C=O) groups is 7. The number of benzene rings is 4. The minimum absolute atomic E-state index is 0.00742. The monoisotopic (exact) mass is 1710 g/mol. The first-order valence-electron chi connectivity index (χ1n) is 40.6. The molecule has 29 heteroatoms. The molecule has 3 aliphatic heterocycles. The number of carbonyl (C=O) groups excluding carboxylic acids is 7. The second-order valence-corrected chi connectivity index (χ2v) is 34.0. The molecule has 640 valence electrons. The second kappa shape index (κ2) is 44.3. The molecule has 4 aromatic carbocycles. The molecule has 5 amide bonds. The number of ether oxygens (including phenoxy) is 7. The van der Waals surface area contributed by atoms with Gasteiger partial charge in [0.1, 0.15) is 52.5 Å². The highest BCUT2D eigenvalue weighted by Gasteiger charge is 2.64. The van der Waals surface area contributed by atoms with Crippen LogP contribution < -0.4 is 25.0 Å². The van der Waals surface area contributed by atoms with Gasteiger partial charge in [0.25, 0.3) is 0 Å². The van der Waals surface area contributed by atoms with Crippen molar-refractivity contribution in [2.24, 2.45) is 5.92 Å². The fourth-order valence-electron chi connectivity index (χ4n) is 15.0. The molecular formula is C92H108ClN11O15S2. The number of rotatable bonds is 37. The molecule has 1 unspecified atom stereocenters. The summed E-state index contributed by atoms with van der Waals surface area (Å²) in [7, 11) is 9.84. The fraction of sp³-hybridized carbons (Fsp3) is 0.402. The van der Waals surface area contributed by atoms with Crippen molar-refractivity contribution >= 4 is 80.5 Å². The van der Waals surface area contributed by atoms with Gasteiger partial charge in [-0.1, -0.05) is 149 Å². The van der Waals surface area contributed by atoms with E-state index >= 15 is 4.79 Å². The number of aliphatic hydroxyl groups is 1. The number of anilines is 1. The van der Waals surface area contributed by atoms with Gasteiger partial charge in [-0.05, 0) is 146 Å². The lowest BCUT2D eigenvalue weighted by Crippen LogP contribution is -2.63. The molecule has 7 heterocycles. The summed E-state index contributed by atoms with van der Waals surface area (Å²) >= 11 is 6.91. The number of esters is 2. The number of fused-ring (bicyclic) bond motifs is 5. The van der Waals surface area contributed by atoms with E-state index in [-0.39, 0.29) is 54.8 Å². The third-order valence-corrected chi connectivity index (χ3v) is 24.6. The van der Waals surface area contributed by atoms with Crippen LogP contribution in [0.15, 0.2) is 206 Å². The lowest BCUT2D eigenvalue weighted by Gasteiger charge is -2.42. The normalized spacial score (nSPS) is 20.3. The lowest BCUT2D eigenvalue weighted by atomic mass is 9.83. The summed E-state index contributed by atoms with van der Waals surface area (Å²) in [6.07, 6.45) is 8.05. The van der Waals surface area contributed by atoms with Crippen LogP contribution in [0.4, 0.5) is 10.5 Å². The number of likely N-dealkylation sites (N-methyl/N-ethyl adjacent to an activating group) is 1. The van der Waals surface area contributed by atoms with Crippen LogP contribution in [0.1, 0.15) is 118 Å². The third-order valence-electron chi connectivity index (χ3n) is 21.8. The Morgan fingerprint density at radius 1 is 0.727 bits per heavy atom. The van der Waals surface area contributed by atoms with Crippen LogP contribution in [0.2, 0.25) is 5.02 Å². The Morgan fingerprint density at radius 2 is 1.31 bits per heavy atom. The third kappa shape index (κ3) is 26.2. The molecule has 0 radical (unpaired) electrons. The number of amides is 5. The van der Waals surface area contributed by atoms with Gasteiger partial charge in [0.15, 0.2) is 5.72 Å². The Bertz CT molecular complexity index is 4650. The van der Waals surface area contributed by atoms with Crippen molar-refractivity contribution in [3.8, 4) is 22.6 Å². The molecule has 0 spiro atoms. The highest BCUT2D eigenvalue weighted by molar-refractivity contribution is 8.76. The summed E-state index contributed by atoms with van der Waals surface area (Å²) in [6, 6.07) is 49.1. The van der Waals surface area contributed by atoms with Gasteiger partial charge >= 0.3 is 18.0 Å². The summed E-state index contributed by atoms with van der Waals surface area (Å²) in [5.41, 5.74) is 7.37. The Hall–Kier alpha value is -10.6. The van der Waals surface area contributed by atoms with E-state index in [1.54, 1.807) is 74.9 Å². The van der Waals surface area contributed by atoms with E-state index in [9.17, 15) is 33.9 Å². The van der Waals surface area contributed by atoms with Crippen molar-refractivity contribution in [1.82, 2.24) is 50.2 Å². The molecule has 4 aromatic heterocycles. The average molecular weight is 1710 g/mol. The highest BCUT2D eigenvalue weighted by atomic mass is 35.5. The minimum Gasteiger partial charge on any atom is -0.495 e. The number of alkyl carbamates (subject to hydrolysis) is 1. The maximum Gasteiger partial charge on any atom is 0.409 e. The number of hydrogen-bond acceptors (Lipinski definition) is 23. The lowest BCUT2D eigenvalue weighted by molar-refractivity contribution is -0.162. The van der Waals surface area contributed by atoms with Gasteiger partial charge in [-0.2, -0.15) is 0 Å². The van der Waals surface area contributed by atoms with Crippen LogP contribution in [-0.4, -0.2) is 194 Å². The van der Waals surface area contributed by atoms with E-state index in [1.165, 1.54) is 66.7 Å². The second-order valence-electron chi connectivity index (χ2n) is 30.9. The van der Waals surface area contributed by atoms with Crippen LogP contribution in [0.25, 0.3) is 11.1 Å². The van der Waals surface area contributed by atoms with Gasteiger partial charge in [0, 0.05) is 135 Å². The summed E-state index contributed by atoms with van der Waals surface area (Å²) < 4.78 is 41.7. The first-order valence-corrected chi connectivity index (χ1v) is 43.4. The number of hydrogen-bond donors (Lipinski definition) is 3. The Labute approximate surface area is 720 Å². The molecule has 0 saturated carbocycles. The summed E-state index contributed by atoms with van der Waals surface area (Å²) in [4.78, 5) is 126. The summed E-state index contributed by atoms with van der Waals surface area (Å²) in [5, 5.41) is 17.6. The van der Waals surface area contributed by atoms with Crippen LogP contribution in [-0.2, 0) is 105 Å². The summed E-state index contributed by atoms with van der Waals surface area (Å²) in [5.74, 6) is -2.38. The van der Waals surface area contributed by atoms with Crippen LogP contribution in [0.3, 0.4) is 0 Å². The molecule has 4 bridgehead atoms. The van der Waals surface area contributed by atoms with Gasteiger partial charge in [-0.3, -0.25) is 59.0 Å². The van der Waals surface area contributed by atoms with E-state index in [0.717, 1.165) is 61.7 Å². The average Bonchev–Trinajstić information content (AvgIpc) is 1.57. The molecule has 3 N–H and O–H groups in total. The number of methoxy groups -OCH3 is 3. The fourth-order valence-corrected chi connectivity index (χ4v) is 17.2. The zero-order chi connectivity index (χ0) is 86.0. The van der Waals surface area contributed by atoms with E-state index < -0.39 is 102 Å². The highest BCUT2D eigenvalue weighted by Crippen LogP contribution is 2.49. The van der Waals surface area contributed by atoms with Crippen molar-refractivity contribution in [1.29, 1.82) is 0 Å². The first-order chi connectivity index (χ1) is 58.4. The first kappa shape index (κ1) is 91.2. The number of allylic oxidation sites excluding steroid dienone is 3. The number of aromatic nitrogens is 4. The number of pyridine rings is 4. The quantitative estimate of drug-likeness (QED) is 0.0107. The maximum absolute atomic E-state index is 15.1. The molecule has 9 atom stereocenters. The predicted molar refractivity (Wildman–Crippen MR) is 465 cm³/mol. The molecule has 3 aliphatic rings. The maximum atomic E-state index is 15.1. The van der Waals surface area contributed by atoms with E-state index in [0.29, 0.717) is 82.3 Å². The van der Waals surface area contributed by atoms with Crippen molar-refractivity contribution in [3.63, 3.8) is 0 Å². The Morgan fingerprint density at radius 3 is 1.87 bits per heavy atom. The molecule has 2 saturated heterocycles. The number of unbranched alkanes of at least 4 members (excludes halogenated alkanes) is 1. The van der Waals surface area contributed by atoms with Crippen LogP contribution in [0, 0.1) is 5.92 Å². The molecule has 0 aliphatic carbocycles. The van der Waals surface area contributed by atoms with Crippen molar-refractivity contribution in [3.05, 3.63) is 256 Å². The SMILES string of the molecule is COC(=O)CC(NC(=O)CCSSCCC(=O)N(C)[C@H](C)C(=O)O[C@@H]1CC(=O)N(C)c2cc(cc(OC)c2Cl)C/C(C)=C/C=C/[C@H](OC)[C@]2(O)C[C@@H](OC(=O)N2)[C@H](C)[C@H]2O[C@]21C)C(=O)N(CCCCOc1cc(CN(Cc2ccccn2)Cc2ccccn2)cc(CN(Cc2ccccn2)Cc2ccccn2)c1)Cc1ccc(-c2ccccc2)cc1. The van der Waals surface area contributed by atoms with Gasteiger partial charge in [0.05, 0.1) is 68.2 Å². The van der Waals surface area contributed by atoms with E-state index in [2.05, 4.69) is 58.6 Å². The van der Waals surface area contributed by atoms with Crippen molar-refractivity contribution in [2.45, 2.75) is 173 Å². The number of nitrogens with one attached hydrogen (secondary N) is 2. The number of epoxide rings is 1. The van der Waals surface area contributed by atoms with Crippen molar-refractivity contribution in [2.75, 3.05) is 65.0 Å². The molecule has 11 rings (SSSR count). The largest absolute Gasteiger partial charge is 0.495 e. The molecule has 8 aromatic rings. The molecule has 121 heavy (non-hydrogen) atoms. The van der Waals surface area contributed by atoms with Gasteiger partial charge in [-0.15, -0.1) is 0 Å². The number of halogens is 1. The standard InChI is InChI=1S/C92H108ClN11O15S2/c1-62-24-23-31-80(114-8)92(112)54-79(117-90(111)99-92)63(2)87-91(4,119-87)81(53-84(107)101(6)77-50-66(46-62)51-78(113-7)86(77)93)118-89(110)64(3)100(5)83(106)37-45-121-120-44-36-82(105)98-76(52-85(108)115-9)88(109)104(57-65-32-34-70(35-33-65)69-25-11-10-12-26-69)42-21-22-43-116-75-48-67(55-102(58-71-27-13-17-38-94-71)59-72-28-14-18-39-95-72)47-68(49-75)56-103(60-73-29-15-19-40-96-73)61-74-30-16-20-41-97-74/h10-20,23-35,38-41,47-51,63-64,76,79-81,87,112H,21-22,36-37,42-46,52-61H2,1-9H3,(H,98,105)(H,99,111)/b31-23+,62-24+/t63-,64+,76?,79+,80-,81+,87+,91-,92+/m0/s1. The molecule has 26 nitrogen and oxygen atoms in total. The van der Waals surface area contributed by atoms with Gasteiger partial charge in [-0.25, -0.2) is 9.59 Å². The summed E-state index contributed by atoms with van der Waals surface area (Å²) in [6.45, 7) is 11.0. The number of nitrogens with zero attached hydrogens (tertiary/aromatic N) is 9. The van der Waals surface area contributed by atoms with Gasteiger partial charge in [0.2, 0.25) is 23.6 Å². The van der Waals surface area contributed by atoms with Crippen molar-refractivity contribution < 1.29 is 71.8 Å². The Kier molecular flexibility index (Phi) is 33.4. The van der Waals surface area contributed by atoms with E-state index in [4.69, 9.17) is 44.8 Å². The zero-order valence-corrected chi connectivity index (χ0v) is 72.3. The molecule has 2 fully saturated rings. The van der Waals surface area contributed by atoms with Crippen LogP contribution >= 0.6 is 33.2 Å². The predicted octanol–water partition coefficient (Wildman–Crippen LogP) is 13.3. The minimum atomic E-state index is -1.90. The smallest absolute Gasteiger partial charge is 0.409 e. The molecular weight excluding hydrogens is 1600 g/mol. The Balaban J connectivity index is 0.724. The van der Waals surface area contributed by atoms with Crippen LogP contribution in [0.5, 0.6) is 11.5 Å². The van der Waals surface area contributed by atoms with E-state index in [1.807, 2.05) is 140 Å². The topological polar surface area (TPSA) is 299 Å².